The first-order chi connectivity index (χ1) is 15.9. The summed E-state index contributed by atoms with van der Waals surface area (Å²) in [6.45, 7) is 1.23. The minimum atomic E-state index is -3.96. The number of hydrogen-bond donors (Lipinski definition) is 1. The normalized spacial score (nSPS) is 23.6. The van der Waals surface area contributed by atoms with Crippen LogP contribution in [0.2, 0.25) is 0 Å². The molecular weight excluding hydrogens is 478 g/mol. The van der Waals surface area contributed by atoms with E-state index < -0.39 is 34.5 Å². The fourth-order valence-corrected chi connectivity index (χ4v) is 5.16. The first-order valence-electron chi connectivity index (χ1n) is 10.0. The Morgan fingerprint density at radius 1 is 1.30 bits per heavy atom. The van der Waals surface area contributed by atoms with Crippen LogP contribution in [0.5, 0.6) is 0 Å². The van der Waals surface area contributed by atoms with Gasteiger partial charge in [-0.05, 0) is 6.92 Å². The predicted octanol–water partition coefficient (Wildman–Crippen LogP) is 2.23. The summed E-state index contributed by atoms with van der Waals surface area (Å²) in [6.07, 6.45) is 4.35. The second-order valence-electron chi connectivity index (χ2n) is 6.92. The van der Waals surface area contributed by atoms with E-state index in [1.807, 2.05) is 6.07 Å². The zero-order chi connectivity index (χ0) is 23.4. The lowest BCUT2D eigenvalue weighted by Crippen LogP contribution is -2.27. The van der Waals surface area contributed by atoms with Gasteiger partial charge in [0.15, 0.2) is 16.8 Å². The molecule has 0 spiro atoms. The lowest BCUT2D eigenvalue weighted by atomic mass is 10.2. The van der Waals surface area contributed by atoms with Crippen LogP contribution in [-0.4, -0.2) is 60.8 Å². The first kappa shape index (κ1) is 23.9. The summed E-state index contributed by atoms with van der Waals surface area (Å²) in [5, 5.41) is 8.65. The third kappa shape index (κ3) is 5.32. The highest BCUT2D eigenvalue weighted by molar-refractivity contribution is 7.48. The van der Waals surface area contributed by atoms with E-state index in [1.54, 1.807) is 34.6 Å². The third-order valence-corrected chi connectivity index (χ3v) is 6.89. The highest BCUT2D eigenvalue weighted by atomic mass is 31.2. The Balaban J connectivity index is 1.52. The van der Waals surface area contributed by atoms with E-state index >= 15 is 0 Å². The molecule has 1 N–H and O–H groups in total. The number of phosphoric acid groups is 1. The van der Waals surface area contributed by atoms with Crippen molar-refractivity contribution < 1.29 is 36.9 Å². The van der Waals surface area contributed by atoms with E-state index in [0.717, 1.165) is 0 Å². The Kier molecular flexibility index (Phi) is 7.53. The lowest BCUT2D eigenvalue weighted by molar-refractivity contribution is -0.0418. The molecule has 0 amide bonds. The predicted molar refractivity (Wildman–Crippen MR) is 112 cm³/mol. The number of aromatic nitrogens is 5. The molecule has 0 saturated carbocycles. The molecule has 0 radical (unpaired) electrons. The van der Waals surface area contributed by atoms with Gasteiger partial charge in [0.25, 0.3) is 0 Å². The molecule has 0 bridgehead atoms. The molecule has 16 heteroatoms. The van der Waals surface area contributed by atoms with Gasteiger partial charge in [-0.2, -0.15) is 5.26 Å². The molecule has 3 aromatic rings. The van der Waals surface area contributed by atoms with Crippen LogP contribution in [-0.2, 0) is 32.0 Å². The average Bonchev–Trinajstić information content (AvgIpc) is 3.49. The maximum Gasteiger partial charge on any atom is 0.474 e. The van der Waals surface area contributed by atoms with Gasteiger partial charge in [0.05, 0.1) is 44.7 Å². The summed E-state index contributed by atoms with van der Waals surface area (Å²) in [5.41, 5.74) is 1.69. The van der Waals surface area contributed by atoms with Crippen molar-refractivity contribution in [1.29, 1.82) is 5.26 Å². The molecule has 1 fully saturated rings. The zero-order valence-electron chi connectivity index (χ0n) is 17.5. The number of nitriles is 1. The van der Waals surface area contributed by atoms with Crippen LogP contribution in [0.1, 0.15) is 26.0 Å². The molecule has 4 rings (SSSR count). The highest BCUT2D eigenvalue weighted by Gasteiger charge is 2.41. The molecule has 1 aliphatic heterocycles. The van der Waals surface area contributed by atoms with E-state index in [-0.39, 0.29) is 32.7 Å². The molecular formula is C17H22N6O8P2. The minimum Gasteiger partial charge on any atom is -0.349 e. The van der Waals surface area contributed by atoms with Crippen LogP contribution >= 0.6 is 16.1 Å². The van der Waals surface area contributed by atoms with Gasteiger partial charge in [-0.1, -0.05) is 0 Å². The van der Waals surface area contributed by atoms with Gasteiger partial charge in [0, 0.05) is 18.8 Å². The van der Waals surface area contributed by atoms with Crippen LogP contribution in [0.4, 0.5) is 0 Å². The number of nitrogens with zero attached hydrogens (tertiary/aromatic N) is 6. The number of imidazole rings is 2. The number of ether oxygens (including phenoxy) is 1. The van der Waals surface area contributed by atoms with Gasteiger partial charge in [0.1, 0.15) is 18.7 Å². The summed E-state index contributed by atoms with van der Waals surface area (Å²) < 4.78 is 54.3. The molecule has 2 unspecified atom stereocenters. The van der Waals surface area contributed by atoms with Gasteiger partial charge in [-0.15, -0.1) is 0 Å². The Bertz CT molecular complexity index is 1230. The quantitative estimate of drug-likeness (QED) is 0.301. The van der Waals surface area contributed by atoms with E-state index in [9.17, 15) is 14.0 Å². The Labute approximate surface area is 188 Å². The molecule has 33 heavy (non-hydrogen) atoms. The van der Waals surface area contributed by atoms with Gasteiger partial charge in [-0.25, -0.2) is 19.5 Å². The van der Waals surface area contributed by atoms with Crippen LogP contribution in [0.25, 0.3) is 16.8 Å². The summed E-state index contributed by atoms with van der Waals surface area (Å²) in [5.74, 6) is 0. The number of phosphoric ester groups is 1. The van der Waals surface area contributed by atoms with Crippen LogP contribution in [0.15, 0.2) is 25.0 Å². The SMILES string of the molecule is CCOP(=O)(OCCC#N)OC[C@H]1O[C@@H](n2cnc3c2ncn2ccnc32)C[C@@H]1O[PH](=O)O. The van der Waals surface area contributed by atoms with Crippen molar-refractivity contribution in [2.75, 3.05) is 19.8 Å². The van der Waals surface area contributed by atoms with E-state index in [0.29, 0.717) is 16.8 Å². The average molecular weight is 500 g/mol. The number of hydrogen-bond acceptors (Lipinski definition) is 11. The molecule has 1 aliphatic rings. The molecule has 4 heterocycles. The molecule has 178 valence electrons. The maximum atomic E-state index is 12.7. The number of fused-ring (bicyclic) bond motifs is 3. The molecule has 3 aromatic heterocycles. The molecule has 0 aliphatic carbocycles. The van der Waals surface area contributed by atoms with Crippen molar-refractivity contribution in [3.63, 3.8) is 0 Å². The largest absolute Gasteiger partial charge is 0.474 e. The summed E-state index contributed by atoms with van der Waals surface area (Å²) in [6, 6.07) is 1.87. The van der Waals surface area contributed by atoms with E-state index in [1.165, 1.54) is 6.33 Å². The molecule has 1 saturated heterocycles. The standard InChI is InChI=1S/C17H22N6O8P2/c1-2-27-33(26,28-7-3-4-18)29-9-13-12(31-32(24)25)8-14(30-13)23-11-20-15-16-19-5-6-22(16)10-21-17(15)23/h5-6,10-14,32H,2-3,7-9H2,1H3,(H,24,25)/t12-,13+,14+,33?/m0/s1. The second-order valence-corrected chi connectivity index (χ2v) is 9.35. The van der Waals surface area contributed by atoms with Crippen molar-refractivity contribution >= 4 is 32.9 Å². The zero-order valence-corrected chi connectivity index (χ0v) is 19.4. The van der Waals surface area contributed by atoms with Crippen LogP contribution in [0.3, 0.4) is 0 Å². The number of rotatable bonds is 11. The minimum absolute atomic E-state index is 0.00510. The van der Waals surface area contributed by atoms with E-state index in [4.69, 9.17) is 28.1 Å². The Hall–Kier alpha value is -2.20. The van der Waals surface area contributed by atoms with Gasteiger partial charge in [0.2, 0.25) is 0 Å². The smallest absolute Gasteiger partial charge is 0.349 e. The van der Waals surface area contributed by atoms with Crippen LogP contribution in [0, 0.1) is 11.3 Å². The summed E-state index contributed by atoms with van der Waals surface area (Å²) in [4.78, 5) is 22.4. The van der Waals surface area contributed by atoms with Gasteiger partial charge < -0.3 is 14.2 Å². The Morgan fingerprint density at radius 3 is 2.91 bits per heavy atom. The van der Waals surface area contributed by atoms with Crippen molar-refractivity contribution in [3.05, 3.63) is 25.0 Å². The molecule has 14 nitrogen and oxygen atoms in total. The molecule has 5 atom stereocenters. The summed E-state index contributed by atoms with van der Waals surface area (Å²) >= 11 is 0. The second kappa shape index (κ2) is 10.4. The summed E-state index contributed by atoms with van der Waals surface area (Å²) in [7, 11) is -7.25. The third-order valence-electron chi connectivity index (χ3n) is 4.84. The molecule has 0 aromatic carbocycles. The lowest BCUT2D eigenvalue weighted by Gasteiger charge is -2.21. The monoisotopic (exact) mass is 500 g/mol. The maximum absolute atomic E-state index is 12.7. The highest BCUT2D eigenvalue weighted by Crippen LogP contribution is 2.50. The van der Waals surface area contributed by atoms with Gasteiger partial charge >= 0.3 is 16.1 Å². The van der Waals surface area contributed by atoms with Crippen molar-refractivity contribution in [1.82, 2.24) is 23.9 Å². The first-order valence-corrected chi connectivity index (χ1v) is 12.8. The van der Waals surface area contributed by atoms with Crippen LogP contribution < -0.4 is 0 Å². The van der Waals surface area contributed by atoms with Crippen molar-refractivity contribution in [2.45, 2.75) is 38.2 Å². The fraction of sp³-hybridized carbons (Fsp3) is 0.529. The Morgan fingerprint density at radius 2 is 2.15 bits per heavy atom. The van der Waals surface area contributed by atoms with Crippen molar-refractivity contribution in [2.24, 2.45) is 0 Å². The van der Waals surface area contributed by atoms with E-state index in [2.05, 4.69) is 15.0 Å². The fourth-order valence-electron chi connectivity index (χ4n) is 3.47. The topological polar surface area (TPSA) is 172 Å². The van der Waals surface area contributed by atoms with Gasteiger partial charge in [-0.3, -0.25) is 27.1 Å². The van der Waals surface area contributed by atoms with Crippen molar-refractivity contribution in [3.8, 4) is 6.07 Å².